The number of hydrogen-bond donors (Lipinski definition) is 0. The maximum absolute atomic E-state index is 14.0. The number of rotatable bonds is 5. The molecule has 3 nitrogen and oxygen atoms in total. The predicted octanol–water partition coefficient (Wildman–Crippen LogP) is 4.90. The second kappa shape index (κ2) is 9.05. The number of piperazine rings is 1. The first-order valence-corrected chi connectivity index (χ1v) is 10.2. The van der Waals surface area contributed by atoms with E-state index in [0.29, 0.717) is 12.3 Å². The molecule has 5 heteroatoms. The van der Waals surface area contributed by atoms with Gasteiger partial charge in [-0.15, -0.1) is 0 Å². The van der Waals surface area contributed by atoms with Crippen molar-refractivity contribution in [2.75, 3.05) is 31.1 Å². The summed E-state index contributed by atoms with van der Waals surface area (Å²) in [6, 6.07) is 25.0. The summed E-state index contributed by atoms with van der Waals surface area (Å²) in [7, 11) is 0. The Morgan fingerprint density at radius 1 is 0.862 bits per heavy atom. The zero-order valence-corrected chi connectivity index (χ0v) is 16.9. The van der Waals surface area contributed by atoms with E-state index in [4.69, 9.17) is 17.0 Å². The molecule has 0 saturated carbocycles. The molecule has 0 amide bonds. The van der Waals surface area contributed by atoms with Gasteiger partial charge in [0.05, 0.1) is 5.69 Å². The zero-order chi connectivity index (χ0) is 20.1. The van der Waals surface area contributed by atoms with E-state index >= 15 is 0 Å². The van der Waals surface area contributed by atoms with Crippen LogP contribution in [0.5, 0.6) is 5.75 Å². The van der Waals surface area contributed by atoms with E-state index in [-0.39, 0.29) is 5.82 Å². The van der Waals surface area contributed by atoms with Crippen LogP contribution in [0.15, 0.2) is 78.9 Å². The Kier molecular flexibility index (Phi) is 6.06. The van der Waals surface area contributed by atoms with Gasteiger partial charge in [0.1, 0.15) is 23.2 Å². The van der Waals surface area contributed by atoms with E-state index < -0.39 is 0 Å². The van der Waals surface area contributed by atoms with Crippen LogP contribution < -0.4 is 9.64 Å². The molecule has 3 aromatic carbocycles. The monoisotopic (exact) mass is 406 g/mol. The first-order valence-electron chi connectivity index (χ1n) is 9.76. The highest BCUT2D eigenvalue weighted by Gasteiger charge is 2.21. The van der Waals surface area contributed by atoms with Crippen LogP contribution in [-0.2, 0) is 6.61 Å². The fourth-order valence-corrected chi connectivity index (χ4v) is 3.81. The standard InChI is InChI=1S/C24H23FN2OS/c25-22-11-4-5-12-23(22)26-13-15-27(16-14-26)24(29)20-9-6-10-21(17-20)28-18-19-7-2-1-3-8-19/h1-12,17H,13-16,18H2. The number of nitrogens with zero attached hydrogens (tertiary/aromatic N) is 2. The molecule has 0 N–H and O–H groups in total. The van der Waals surface area contributed by atoms with E-state index in [1.807, 2.05) is 66.7 Å². The van der Waals surface area contributed by atoms with Crippen LogP contribution in [-0.4, -0.2) is 36.1 Å². The Morgan fingerprint density at radius 3 is 2.34 bits per heavy atom. The first-order chi connectivity index (χ1) is 14.2. The number of halogens is 1. The number of benzene rings is 3. The maximum Gasteiger partial charge on any atom is 0.146 e. The van der Waals surface area contributed by atoms with Gasteiger partial charge in [-0.25, -0.2) is 4.39 Å². The smallest absolute Gasteiger partial charge is 0.146 e. The number of para-hydroxylation sites is 1. The molecule has 0 bridgehead atoms. The van der Waals surface area contributed by atoms with Crippen molar-refractivity contribution in [1.82, 2.24) is 4.90 Å². The molecule has 0 aliphatic carbocycles. The molecule has 0 radical (unpaired) electrons. The minimum absolute atomic E-state index is 0.174. The van der Waals surface area contributed by atoms with Crippen molar-refractivity contribution in [1.29, 1.82) is 0 Å². The number of hydrogen-bond acceptors (Lipinski definition) is 3. The highest BCUT2D eigenvalue weighted by Crippen LogP contribution is 2.22. The lowest BCUT2D eigenvalue weighted by atomic mass is 10.1. The normalized spacial score (nSPS) is 14.0. The molecule has 0 aromatic heterocycles. The molecule has 3 aromatic rings. The van der Waals surface area contributed by atoms with Crippen molar-refractivity contribution in [3.63, 3.8) is 0 Å². The average Bonchev–Trinajstić information content (AvgIpc) is 2.79. The fraction of sp³-hybridized carbons (Fsp3) is 0.208. The molecule has 0 spiro atoms. The molecule has 0 unspecified atom stereocenters. The van der Waals surface area contributed by atoms with E-state index in [9.17, 15) is 4.39 Å². The highest BCUT2D eigenvalue weighted by molar-refractivity contribution is 7.80. The summed E-state index contributed by atoms with van der Waals surface area (Å²) >= 11 is 5.74. The number of thiocarbonyl (C=S) groups is 1. The topological polar surface area (TPSA) is 15.7 Å². The van der Waals surface area contributed by atoms with Crippen LogP contribution in [0.3, 0.4) is 0 Å². The summed E-state index contributed by atoms with van der Waals surface area (Å²) in [6.07, 6.45) is 0. The molecule has 1 saturated heterocycles. The van der Waals surface area contributed by atoms with Crippen LogP contribution >= 0.6 is 12.2 Å². The second-order valence-corrected chi connectivity index (χ2v) is 7.42. The molecule has 148 valence electrons. The Balaban J connectivity index is 1.37. The van der Waals surface area contributed by atoms with Gasteiger partial charge in [-0.2, -0.15) is 0 Å². The highest BCUT2D eigenvalue weighted by atomic mass is 32.1. The van der Waals surface area contributed by atoms with Gasteiger partial charge in [0.2, 0.25) is 0 Å². The number of anilines is 1. The Hall–Kier alpha value is -2.92. The van der Waals surface area contributed by atoms with Gasteiger partial charge < -0.3 is 14.5 Å². The van der Waals surface area contributed by atoms with Crippen LogP contribution in [0.1, 0.15) is 11.1 Å². The lowest BCUT2D eigenvalue weighted by Crippen LogP contribution is -2.48. The molecular formula is C24H23FN2OS. The lowest BCUT2D eigenvalue weighted by molar-refractivity contribution is 0.306. The van der Waals surface area contributed by atoms with Crippen molar-refractivity contribution in [2.24, 2.45) is 0 Å². The van der Waals surface area contributed by atoms with Gasteiger partial charge in [-0.05, 0) is 29.8 Å². The third kappa shape index (κ3) is 4.74. The van der Waals surface area contributed by atoms with Gasteiger partial charge >= 0.3 is 0 Å². The molecule has 1 aliphatic rings. The van der Waals surface area contributed by atoms with Crippen LogP contribution in [0.25, 0.3) is 0 Å². The minimum Gasteiger partial charge on any atom is -0.489 e. The Bertz CT molecular complexity index is 971. The average molecular weight is 407 g/mol. The van der Waals surface area contributed by atoms with Crippen LogP contribution in [0, 0.1) is 5.82 Å². The molecule has 1 heterocycles. The summed E-state index contributed by atoms with van der Waals surface area (Å²) in [5, 5.41) is 0. The summed E-state index contributed by atoms with van der Waals surface area (Å²) in [5.41, 5.74) is 2.77. The third-order valence-corrected chi connectivity index (χ3v) is 5.58. The summed E-state index contributed by atoms with van der Waals surface area (Å²) in [5.74, 6) is 0.630. The fourth-order valence-electron chi connectivity index (χ4n) is 3.50. The predicted molar refractivity (Wildman–Crippen MR) is 119 cm³/mol. The van der Waals surface area contributed by atoms with Crippen molar-refractivity contribution < 1.29 is 9.13 Å². The molecule has 1 fully saturated rings. The summed E-state index contributed by atoms with van der Waals surface area (Å²) in [4.78, 5) is 5.07. The largest absolute Gasteiger partial charge is 0.489 e. The van der Waals surface area contributed by atoms with E-state index in [1.165, 1.54) is 6.07 Å². The van der Waals surface area contributed by atoms with Crippen molar-refractivity contribution in [3.8, 4) is 5.75 Å². The molecule has 29 heavy (non-hydrogen) atoms. The zero-order valence-electron chi connectivity index (χ0n) is 16.1. The number of ether oxygens (including phenoxy) is 1. The first kappa shape index (κ1) is 19.4. The van der Waals surface area contributed by atoms with E-state index in [1.54, 1.807) is 6.07 Å². The van der Waals surface area contributed by atoms with Crippen molar-refractivity contribution >= 4 is 22.9 Å². The van der Waals surface area contributed by atoms with Gasteiger partial charge in [-0.3, -0.25) is 0 Å². The van der Waals surface area contributed by atoms with Crippen molar-refractivity contribution in [3.05, 3.63) is 95.8 Å². The van der Waals surface area contributed by atoms with Gasteiger partial charge in [0.25, 0.3) is 0 Å². The van der Waals surface area contributed by atoms with Crippen LogP contribution in [0.4, 0.5) is 10.1 Å². The van der Waals surface area contributed by atoms with E-state index in [2.05, 4.69) is 9.80 Å². The van der Waals surface area contributed by atoms with Gasteiger partial charge in [-0.1, -0.05) is 66.8 Å². The Morgan fingerprint density at radius 2 is 1.59 bits per heavy atom. The minimum atomic E-state index is -0.174. The SMILES string of the molecule is Fc1ccccc1N1CCN(C(=S)c2cccc(OCc3ccccc3)c2)CC1. The van der Waals surface area contributed by atoms with Gasteiger partial charge in [0.15, 0.2) is 0 Å². The summed E-state index contributed by atoms with van der Waals surface area (Å²) < 4.78 is 20.0. The third-order valence-electron chi connectivity index (χ3n) is 5.09. The van der Waals surface area contributed by atoms with Crippen LogP contribution in [0.2, 0.25) is 0 Å². The molecule has 4 rings (SSSR count). The molecule has 1 aliphatic heterocycles. The molecule has 0 atom stereocenters. The molecular weight excluding hydrogens is 383 g/mol. The summed E-state index contributed by atoms with van der Waals surface area (Å²) in [6.45, 7) is 3.54. The van der Waals surface area contributed by atoms with E-state index in [0.717, 1.165) is 48.0 Å². The van der Waals surface area contributed by atoms with Gasteiger partial charge in [0, 0.05) is 31.7 Å². The Labute approximate surface area is 176 Å². The second-order valence-electron chi connectivity index (χ2n) is 7.03. The lowest BCUT2D eigenvalue weighted by Gasteiger charge is -2.37. The van der Waals surface area contributed by atoms with Crippen molar-refractivity contribution in [2.45, 2.75) is 6.61 Å². The quantitative estimate of drug-likeness (QED) is 0.560. The maximum atomic E-state index is 14.0.